The van der Waals surface area contributed by atoms with Gasteiger partial charge in [0.1, 0.15) is 28.3 Å². The molecule has 222 valence electrons. The summed E-state index contributed by atoms with van der Waals surface area (Å²) >= 11 is 0. The molecule has 0 spiro atoms. The van der Waals surface area contributed by atoms with Crippen LogP contribution in [0.5, 0.6) is 11.5 Å². The van der Waals surface area contributed by atoms with Crippen LogP contribution < -0.4 is 9.64 Å². The van der Waals surface area contributed by atoms with E-state index in [1.807, 2.05) is 62.2 Å². The van der Waals surface area contributed by atoms with E-state index in [0.717, 1.165) is 39.8 Å². The minimum absolute atomic E-state index is 0.000682. The second-order valence-electron chi connectivity index (χ2n) is 12.7. The number of nitrogens with one attached hydrogen (secondary N) is 1. The lowest BCUT2D eigenvalue weighted by Crippen LogP contribution is -2.28. The SMILES string of the molecule is CC(C)(C)OC(=O)c1ccc(-c2ccc(C3CCC(=O)N3c3ccccc3C3CC3)cc2)cc1Oc1cnc2[nH]ccc2c1. The third-order valence-corrected chi connectivity index (χ3v) is 8.26. The highest BCUT2D eigenvalue weighted by Crippen LogP contribution is 2.47. The van der Waals surface area contributed by atoms with Crippen molar-refractivity contribution in [3.63, 3.8) is 0 Å². The van der Waals surface area contributed by atoms with E-state index in [-0.39, 0.29) is 11.9 Å². The first-order chi connectivity index (χ1) is 21.2. The topological polar surface area (TPSA) is 84.5 Å². The van der Waals surface area contributed by atoms with Gasteiger partial charge in [0.25, 0.3) is 0 Å². The van der Waals surface area contributed by atoms with Gasteiger partial charge in [-0.3, -0.25) is 4.79 Å². The monoisotopic (exact) mass is 585 g/mol. The summed E-state index contributed by atoms with van der Waals surface area (Å²) in [5.41, 5.74) is 5.77. The molecule has 1 atom stereocenters. The number of esters is 1. The Balaban J connectivity index is 1.20. The molecular formula is C37H35N3O4. The van der Waals surface area contributed by atoms with Crippen molar-refractivity contribution in [1.82, 2.24) is 9.97 Å². The number of hydrogen-bond donors (Lipinski definition) is 1. The van der Waals surface area contributed by atoms with Gasteiger partial charge in [0.2, 0.25) is 5.91 Å². The number of H-pyrrole nitrogens is 1. The Kier molecular flexibility index (Phi) is 6.96. The number of carbonyl (C=O) groups is 2. The summed E-state index contributed by atoms with van der Waals surface area (Å²) in [4.78, 5) is 35.8. The van der Waals surface area contributed by atoms with E-state index in [9.17, 15) is 9.59 Å². The Bertz CT molecular complexity index is 1860. The van der Waals surface area contributed by atoms with Crippen LogP contribution in [0, 0.1) is 0 Å². The van der Waals surface area contributed by atoms with Crippen molar-refractivity contribution in [3.8, 4) is 22.6 Å². The van der Waals surface area contributed by atoms with E-state index in [1.54, 1.807) is 12.3 Å². The Labute approximate surface area is 256 Å². The van der Waals surface area contributed by atoms with E-state index in [2.05, 4.69) is 52.4 Å². The zero-order valence-corrected chi connectivity index (χ0v) is 25.2. The number of aromatic amines is 1. The molecule has 2 aliphatic rings. The highest BCUT2D eigenvalue weighted by atomic mass is 16.6. The predicted molar refractivity (Wildman–Crippen MR) is 171 cm³/mol. The van der Waals surface area contributed by atoms with E-state index in [4.69, 9.17) is 9.47 Å². The Morgan fingerprint density at radius 3 is 2.48 bits per heavy atom. The van der Waals surface area contributed by atoms with Crippen molar-refractivity contribution in [2.24, 2.45) is 0 Å². The molecule has 1 aliphatic heterocycles. The summed E-state index contributed by atoms with van der Waals surface area (Å²) in [5.74, 6) is 1.19. The molecule has 3 aromatic carbocycles. The summed E-state index contributed by atoms with van der Waals surface area (Å²) in [6, 6.07) is 26.1. The molecule has 1 N–H and O–H groups in total. The number of ether oxygens (including phenoxy) is 2. The number of nitrogens with zero attached hydrogens (tertiary/aromatic N) is 2. The Hall–Kier alpha value is -4.91. The second kappa shape index (κ2) is 11.0. The average Bonchev–Trinajstić information content (AvgIpc) is 3.63. The molecule has 1 saturated heterocycles. The second-order valence-corrected chi connectivity index (χ2v) is 12.7. The number of hydrogen-bond acceptors (Lipinski definition) is 5. The summed E-state index contributed by atoms with van der Waals surface area (Å²) in [5, 5.41) is 0.909. The molecule has 1 unspecified atom stereocenters. The normalized spacial score (nSPS) is 16.8. The van der Waals surface area contributed by atoms with E-state index in [0.29, 0.717) is 29.4 Å². The van der Waals surface area contributed by atoms with Gasteiger partial charge in [-0.1, -0.05) is 48.5 Å². The molecule has 44 heavy (non-hydrogen) atoms. The molecule has 1 amide bonds. The number of amides is 1. The van der Waals surface area contributed by atoms with E-state index in [1.165, 1.54) is 18.4 Å². The zero-order valence-electron chi connectivity index (χ0n) is 25.2. The van der Waals surface area contributed by atoms with Gasteiger partial charge in [0, 0.05) is 23.7 Å². The minimum Gasteiger partial charge on any atom is -0.456 e. The summed E-state index contributed by atoms with van der Waals surface area (Å²) in [7, 11) is 0. The smallest absolute Gasteiger partial charge is 0.342 e. The van der Waals surface area contributed by atoms with Crippen LogP contribution in [0.4, 0.5) is 5.69 Å². The van der Waals surface area contributed by atoms with E-state index >= 15 is 0 Å². The summed E-state index contributed by atoms with van der Waals surface area (Å²) in [6.45, 7) is 5.53. The van der Waals surface area contributed by atoms with Crippen LogP contribution in [-0.4, -0.2) is 27.4 Å². The van der Waals surface area contributed by atoms with Gasteiger partial charge in [-0.25, -0.2) is 9.78 Å². The molecule has 0 radical (unpaired) electrons. The van der Waals surface area contributed by atoms with Crippen molar-refractivity contribution in [2.45, 2.75) is 64.0 Å². The maximum atomic E-state index is 13.2. The molecule has 7 nitrogen and oxygen atoms in total. The minimum atomic E-state index is -0.650. The standard InChI is InChI=1S/C37H35N3O4/c1-37(2,3)44-36(42)30-15-14-26(21-33(30)43-28-20-27-18-19-38-35(27)39-22-28)23-8-12-25(13-9-23)31-16-17-34(41)40(31)32-7-5-4-6-29(32)24-10-11-24/h4-9,12-15,18-22,24,31H,10-11,16-17H2,1-3H3,(H,38,39). The molecule has 0 bridgehead atoms. The molecule has 7 heteroatoms. The number of rotatable bonds is 7. The fraction of sp³-hybridized carbons (Fsp3) is 0.270. The molecule has 7 rings (SSSR count). The van der Waals surface area contributed by atoms with Crippen molar-refractivity contribution in [1.29, 1.82) is 0 Å². The predicted octanol–water partition coefficient (Wildman–Crippen LogP) is 8.72. The van der Waals surface area contributed by atoms with Gasteiger partial charge in [-0.2, -0.15) is 0 Å². The average molecular weight is 586 g/mol. The maximum Gasteiger partial charge on any atom is 0.342 e. The number of fused-ring (bicyclic) bond motifs is 1. The number of benzene rings is 3. The number of aromatic nitrogens is 2. The number of para-hydroxylation sites is 1. The van der Waals surface area contributed by atoms with Crippen LogP contribution in [0.1, 0.15) is 79.9 Å². The molecular weight excluding hydrogens is 550 g/mol. The van der Waals surface area contributed by atoms with Gasteiger partial charge in [0.05, 0.1) is 12.2 Å². The van der Waals surface area contributed by atoms with Crippen LogP contribution in [0.3, 0.4) is 0 Å². The molecule has 1 aliphatic carbocycles. The Morgan fingerprint density at radius 1 is 0.932 bits per heavy atom. The van der Waals surface area contributed by atoms with Crippen molar-refractivity contribution >= 4 is 28.6 Å². The van der Waals surface area contributed by atoms with Crippen LogP contribution in [0.2, 0.25) is 0 Å². The van der Waals surface area contributed by atoms with Crippen LogP contribution in [-0.2, 0) is 9.53 Å². The highest BCUT2D eigenvalue weighted by Gasteiger charge is 2.37. The lowest BCUT2D eigenvalue weighted by Gasteiger charge is -2.28. The first kappa shape index (κ1) is 27.9. The van der Waals surface area contributed by atoms with Crippen molar-refractivity contribution < 1.29 is 19.1 Å². The first-order valence-electron chi connectivity index (χ1n) is 15.2. The van der Waals surface area contributed by atoms with Gasteiger partial charge < -0.3 is 19.4 Å². The fourth-order valence-electron chi connectivity index (χ4n) is 6.04. The highest BCUT2D eigenvalue weighted by molar-refractivity contribution is 5.97. The molecule has 3 heterocycles. The van der Waals surface area contributed by atoms with Gasteiger partial charge in [-0.05, 0) is 98.5 Å². The molecule has 2 aromatic heterocycles. The number of carbonyl (C=O) groups excluding carboxylic acids is 2. The lowest BCUT2D eigenvalue weighted by atomic mass is 9.97. The molecule has 1 saturated carbocycles. The lowest BCUT2D eigenvalue weighted by molar-refractivity contribution is -0.117. The fourth-order valence-corrected chi connectivity index (χ4v) is 6.04. The van der Waals surface area contributed by atoms with Gasteiger partial charge in [-0.15, -0.1) is 0 Å². The van der Waals surface area contributed by atoms with Crippen LogP contribution in [0.15, 0.2) is 91.3 Å². The number of anilines is 1. The largest absolute Gasteiger partial charge is 0.456 e. The third-order valence-electron chi connectivity index (χ3n) is 8.26. The number of pyridine rings is 1. The quantitative estimate of drug-likeness (QED) is 0.193. The first-order valence-corrected chi connectivity index (χ1v) is 15.2. The zero-order chi connectivity index (χ0) is 30.4. The summed E-state index contributed by atoms with van der Waals surface area (Å²) in [6.07, 6.45) is 7.17. The third kappa shape index (κ3) is 5.57. The maximum absolute atomic E-state index is 13.2. The van der Waals surface area contributed by atoms with Crippen molar-refractivity contribution in [3.05, 3.63) is 108 Å². The van der Waals surface area contributed by atoms with Gasteiger partial charge >= 0.3 is 5.97 Å². The van der Waals surface area contributed by atoms with Crippen LogP contribution in [0.25, 0.3) is 22.2 Å². The molecule has 5 aromatic rings. The summed E-state index contributed by atoms with van der Waals surface area (Å²) < 4.78 is 12.0. The van der Waals surface area contributed by atoms with E-state index < -0.39 is 11.6 Å². The van der Waals surface area contributed by atoms with Gasteiger partial charge in [0.15, 0.2) is 0 Å². The molecule has 2 fully saturated rings. The van der Waals surface area contributed by atoms with Crippen LogP contribution >= 0.6 is 0 Å². The van der Waals surface area contributed by atoms with Crippen molar-refractivity contribution in [2.75, 3.05) is 4.90 Å². The Morgan fingerprint density at radius 2 is 1.70 bits per heavy atom.